The van der Waals surface area contributed by atoms with E-state index in [1.165, 1.54) is 87.1 Å². The third kappa shape index (κ3) is 21.5. The molecule has 0 bridgehead atoms. The van der Waals surface area contributed by atoms with Crippen molar-refractivity contribution in [3.8, 4) is 24.3 Å². The molecule has 18 heteroatoms. The average Bonchev–Trinajstić information content (AvgIpc) is 1.65. The van der Waals surface area contributed by atoms with E-state index in [1.54, 1.807) is 24.3 Å². The van der Waals surface area contributed by atoms with Crippen LogP contribution < -0.4 is 5.32 Å². The Bertz CT molecular complexity index is 4190. The maximum absolute atomic E-state index is 13.8. The van der Waals surface area contributed by atoms with Crippen molar-refractivity contribution in [3.63, 3.8) is 0 Å². The number of benzene rings is 8. The van der Waals surface area contributed by atoms with Crippen molar-refractivity contribution < 1.29 is 36.5 Å². The maximum Gasteiger partial charge on any atom is 0.123 e. The van der Waals surface area contributed by atoms with Crippen LogP contribution in [0.25, 0.3) is 0 Å². The van der Waals surface area contributed by atoms with Crippen molar-refractivity contribution in [3.05, 3.63) is 282 Å². The number of unbranched alkanes of at least 4 members (excludes halogenated alkanes) is 6. The minimum Gasteiger partial charge on any atom is -0.361 e. The topological polar surface area (TPSA) is 154 Å². The van der Waals surface area contributed by atoms with Crippen LogP contribution in [0.15, 0.2) is 170 Å². The van der Waals surface area contributed by atoms with E-state index in [0.717, 1.165) is 181 Å². The van der Waals surface area contributed by atoms with Crippen molar-refractivity contribution in [2.24, 2.45) is 0 Å². The van der Waals surface area contributed by atoms with E-state index >= 15 is 0 Å². The molecule has 8 aromatic rings. The Hall–Kier alpha value is -7.92. The van der Waals surface area contributed by atoms with E-state index in [4.69, 9.17) is 29.5 Å². The summed E-state index contributed by atoms with van der Waals surface area (Å²) in [6.07, 6.45) is 17.0. The summed E-state index contributed by atoms with van der Waals surface area (Å²) in [5.41, 5.74) is 12.4. The Morgan fingerprint density at radius 1 is 0.346 bits per heavy atom. The first-order chi connectivity index (χ1) is 51.9. The number of hydrogen-bond acceptors (Lipinski definition) is 12. The second kappa shape index (κ2) is 41.0. The lowest BCUT2D eigenvalue weighted by Crippen LogP contribution is -2.30. The lowest BCUT2D eigenvalue weighted by atomic mass is 9.81. The van der Waals surface area contributed by atoms with E-state index in [0.29, 0.717) is 48.7 Å². The molecule has 4 heterocycles. The van der Waals surface area contributed by atoms with Gasteiger partial charge in [0, 0.05) is 10.7 Å². The van der Waals surface area contributed by atoms with Crippen LogP contribution in [0.1, 0.15) is 192 Å². The molecule has 0 aromatic heterocycles. The van der Waals surface area contributed by atoms with Gasteiger partial charge in [-0.25, -0.2) is 17.6 Å². The summed E-state index contributed by atoms with van der Waals surface area (Å²) in [4.78, 5) is 6.92. The summed E-state index contributed by atoms with van der Waals surface area (Å²) >= 11 is 6.78. The molecule has 4 atom stereocenters. The Morgan fingerprint density at radius 2 is 0.598 bits per heavy atom. The largest absolute Gasteiger partial charge is 0.361 e. The van der Waals surface area contributed by atoms with E-state index in [9.17, 15) is 28.1 Å². The zero-order chi connectivity index (χ0) is 76.2. The predicted octanol–water partition coefficient (Wildman–Crippen LogP) is 19.6. The SMILES string of the molecule is BrCCCCCCBr.CN(C)CCCC1(c2ccc(F)cc2)OCc2cc(C#N)ccc21.CN(CCCCCCN(C)CCCC1(c2ccc(F)cc2)OCc2cc(C#N)ccc21)CCCC1(c2ccc(F)cc2)OCc2cc(C#N)ccc21.CNCCCC1(c2ccc(F)cc2)OCc2cc(C#N)ccc21. The highest BCUT2D eigenvalue weighted by Gasteiger charge is 2.45. The number of alkyl halides is 2. The summed E-state index contributed by atoms with van der Waals surface area (Å²) in [7, 11) is 10.4. The molecule has 4 aliphatic heterocycles. The summed E-state index contributed by atoms with van der Waals surface area (Å²) in [6.45, 7) is 7.62. The first-order valence-electron chi connectivity index (χ1n) is 37.4. The lowest BCUT2D eigenvalue weighted by Gasteiger charge is -2.31. The van der Waals surface area contributed by atoms with Gasteiger partial charge in [0.2, 0.25) is 0 Å². The van der Waals surface area contributed by atoms with Crippen LogP contribution in [-0.2, 0) is 67.8 Å². The van der Waals surface area contributed by atoms with Crippen LogP contribution in [0, 0.1) is 68.6 Å². The second-order valence-electron chi connectivity index (χ2n) is 28.6. The zero-order valence-corrected chi connectivity index (χ0v) is 65.7. The smallest absolute Gasteiger partial charge is 0.123 e. The van der Waals surface area contributed by atoms with Crippen LogP contribution in [0.5, 0.6) is 0 Å². The van der Waals surface area contributed by atoms with Gasteiger partial charge in [0.1, 0.15) is 45.7 Å². The average molecular weight is 1580 g/mol. The van der Waals surface area contributed by atoms with Crippen molar-refractivity contribution in [1.82, 2.24) is 20.0 Å². The van der Waals surface area contributed by atoms with Gasteiger partial charge in [-0.2, -0.15) is 21.0 Å². The van der Waals surface area contributed by atoms with Gasteiger partial charge in [0.15, 0.2) is 0 Å². The number of nitriles is 4. The highest BCUT2D eigenvalue weighted by Crippen LogP contribution is 2.50. The molecule has 0 radical (unpaired) electrons. The van der Waals surface area contributed by atoms with Gasteiger partial charge >= 0.3 is 0 Å². The van der Waals surface area contributed by atoms with Gasteiger partial charge in [0.05, 0.1) is 73.0 Å². The minimum absolute atomic E-state index is 0.250. The van der Waals surface area contributed by atoms with Crippen molar-refractivity contribution in [2.75, 3.05) is 85.2 Å². The molecule has 1 N–H and O–H groups in total. The molecule has 0 fully saturated rings. The molecule has 562 valence electrons. The van der Waals surface area contributed by atoms with Crippen LogP contribution in [0.3, 0.4) is 0 Å². The first kappa shape index (κ1) is 83.1. The van der Waals surface area contributed by atoms with Gasteiger partial charge in [-0.3, -0.25) is 0 Å². The molecule has 8 aromatic carbocycles. The number of nitrogens with zero attached hydrogens (tertiary/aromatic N) is 7. The summed E-state index contributed by atoms with van der Waals surface area (Å²) in [5, 5.41) is 42.4. The van der Waals surface area contributed by atoms with Crippen LogP contribution >= 0.6 is 31.9 Å². The fourth-order valence-corrected chi connectivity index (χ4v) is 16.1. The van der Waals surface area contributed by atoms with Crippen molar-refractivity contribution >= 4 is 31.9 Å². The molecular weight excluding hydrogens is 1480 g/mol. The second-order valence-corrected chi connectivity index (χ2v) is 30.1. The van der Waals surface area contributed by atoms with E-state index in [2.05, 4.69) is 90.2 Å². The maximum atomic E-state index is 13.8. The summed E-state index contributed by atoms with van der Waals surface area (Å²) < 4.78 is 79.8. The standard InChI is InChI=1S/C44H48F2N4O2.C20H21FN2O.C19H19FN2O.C6H12Br2/c1-49(25-7-21-43(37-11-15-39(45)16-12-37)41-19-9-33(29-47)27-35(41)31-51-43)23-5-3-4-6-24-50(2)26-8-22-44(38-13-17-40(46)18-14-38)42-20-10-34(30-48)28-36(42)32-52-44;1-23(2)11-3-10-20(17-5-7-18(21)8-6-17)19-9-4-15(13-22)12-16(19)14-24-20;1-22-10-2-9-19(16-4-6-17(20)7-5-16)18-8-3-14(12-21)11-15(18)13-23-19;7-5-3-1-2-4-6-8/h9-20,27-28H,3-8,21-26,31-32H2,1-2H3;4-9,12H,3,10-11,14H2,1-2H3;3-8,11,22H,2,9-10,13H2,1H3;1-6H2. The van der Waals surface area contributed by atoms with E-state index < -0.39 is 22.4 Å². The molecular formula is C89H100Br2F4N8O4. The fourth-order valence-electron chi connectivity index (χ4n) is 15.3. The Kier molecular flexibility index (Phi) is 31.9. The zero-order valence-electron chi connectivity index (χ0n) is 62.5. The van der Waals surface area contributed by atoms with E-state index in [1.807, 2.05) is 118 Å². The van der Waals surface area contributed by atoms with Gasteiger partial charge in [-0.15, -0.1) is 0 Å². The van der Waals surface area contributed by atoms with Crippen molar-refractivity contribution in [2.45, 2.75) is 152 Å². The van der Waals surface area contributed by atoms with Crippen molar-refractivity contribution in [1.29, 1.82) is 21.0 Å². The monoisotopic (exact) mass is 1580 g/mol. The Balaban J connectivity index is 0.000000198. The predicted molar refractivity (Wildman–Crippen MR) is 421 cm³/mol. The summed E-state index contributed by atoms with van der Waals surface area (Å²) in [5.74, 6) is -1.03. The molecule has 0 amide bonds. The normalized spacial score (nSPS) is 18.5. The molecule has 0 aliphatic carbocycles. The molecule has 107 heavy (non-hydrogen) atoms. The minimum atomic E-state index is -0.637. The molecule has 0 saturated heterocycles. The number of nitrogens with one attached hydrogen (secondary N) is 1. The number of fused-ring (bicyclic) bond motifs is 4. The highest BCUT2D eigenvalue weighted by atomic mass is 79.9. The molecule has 4 unspecified atom stereocenters. The van der Waals surface area contributed by atoms with Gasteiger partial charge < -0.3 is 39.0 Å². The molecule has 12 rings (SSSR count). The molecule has 4 aliphatic rings. The third-order valence-electron chi connectivity index (χ3n) is 20.9. The van der Waals surface area contributed by atoms with Crippen LogP contribution in [0.2, 0.25) is 0 Å². The third-order valence-corrected chi connectivity index (χ3v) is 22.0. The van der Waals surface area contributed by atoms with Gasteiger partial charge in [-0.1, -0.05) is 130 Å². The fraction of sp³-hybridized carbons (Fsp3) is 0.416. The van der Waals surface area contributed by atoms with Gasteiger partial charge in [0.25, 0.3) is 0 Å². The lowest BCUT2D eigenvalue weighted by molar-refractivity contribution is -0.0144. The van der Waals surface area contributed by atoms with Crippen LogP contribution in [-0.4, -0.2) is 99.9 Å². The van der Waals surface area contributed by atoms with E-state index in [-0.39, 0.29) is 23.3 Å². The molecule has 0 spiro atoms. The number of halogens is 6. The molecule has 0 saturated carbocycles. The highest BCUT2D eigenvalue weighted by molar-refractivity contribution is 9.09. The number of rotatable bonds is 32. The Labute approximate surface area is 648 Å². The number of hydrogen-bond donors (Lipinski definition) is 1. The summed E-state index contributed by atoms with van der Waals surface area (Å²) in [6, 6.07) is 58.1. The van der Waals surface area contributed by atoms with Gasteiger partial charge in [-0.05, 0) is 315 Å². The molecule has 12 nitrogen and oxygen atoms in total. The quantitative estimate of drug-likeness (QED) is 0.0242. The Morgan fingerprint density at radius 3 is 0.850 bits per heavy atom. The first-order valence-corrected chi connectivity index (χ1v) is 39.7. The number of ether oxygens (including phenoxy) is 4. The van der Waals surface area contributed by atoms with Crippen LogP contribution in [0.4, 0.5) is 17.6 Å².